The summed E-state index contributed by atoms with van der Waals surface area (Å²) >= 11 is 5.95. The molecule has 0 spiro atoms. The molecule has 3 heterocycles. The van der Waals surface area contributed by atoms with Gasteiger partial charge in [0.2, 0.25) is 0 Å². The second-order valence-corrected chi connectivity index (χ2v) is 10.2. The number of rotatable bonds is 11. The maximum atomic E-state index is 13.1. The highest BCUT2D eigenvalue weighted by Gasteiger charge is 2.28. The van der Waals surface area contributed by atoms with Crippen LogP contribution in [0.15, 0.2) is 12.1 Å². The fourth-order valence-electron chi connectivity index (χ4n) is 5.09. The van der Waals surface area contributed by atoms with Crippen LogP contribution in [0.2, 0.25) is 5.15 Å². The molecule has 4 rings (SSSR count). The summed E-state index contributed by atoms with van der Waals surface area (Å²) < 4.78 is 9.96. The number of hydrogen-bond acceptors (Lipinski definition) is 9. The molecule has 0 saturated carbocycles. The number of nitrogens with two attached hydrogens (primary N) is 2. The summed E-state index contributed by atoms with van der Waals surface area (Å²) in [4.78, 5) is 46.5. The number of piperidine rings is 1. The number of ether oxygens (including phenoxy) is 1. The van der Waals surface area contributed by atoms with E-state index in [1.165, 1.54) is 0 Å². The topological polar surface area (TPSA) is 195 Å². The molecule has 3 aromatic rings. The average molecular weight is 602 g/mol. The van der Waals surface area contributed by atoms with Crippen LogP contribution < -0.4 is 42.0 Å². The minimum atomic E-state index is -0.566. The van der Waals surface area contributed by atoms with Crippen LogP contribution in [-0.4, -0.2) is 64.5 Å². The van der Waals surface area contributed by atoms with Crippen LogP contribution in [0.5, 0.6) is 5.75 Å². The summed E-state index contributed by atoms with van der Waals surface area (Å²) in [5.41, 5.74) is 13.2. The molecule has 0 aliphatic carbocycles. The molecule has 14 nitrogen and oxygen atoms in total. The maximum Gasteiger partial charge on any atom is 0.277 e. The van der Waals surface area contributed by atoms with Gasteiger partial charge in [-0.2, -0.15) is 0 Å². The Morgan fingerprint density at radius 1 is 1.10 bits per heavy atom. The lowest BCUT2D eigenvalue weighted by molar-refractivity contribution is -0.676. The third-order valence-corrected chi connectivity index (χ3v) is 7.36. The van der Waals surface area contributed by atoms with Crippen LogP contribution in [0.1, 0.15) is 60.3 Å². The number of nitrogen functional groups attached to an aromatic ring is 2. The Bertz CT molecular complexity index is 1490. The van der Waals surface area contributed by atoms with Gasteiger partial charge in [-0.15, -0.1) is 0 Å². The van der Waals surface area contributed by atoms with Crippen LogP contribution in [0.3, 0.4) is 0 Å². The number of nitrogens with one attached hydrogen (secondary N) is 4. The number of anilines is 2. The minimum Gasteiger partial charge on any atom is -0.483 e. The molecule has 1 fully saturated rings. The Balaban J connectivity index is 1.65. The van der Waals surface area contributed by atoms with Gasteiger partial charge >= 0.3 is 0 Å². The first-order valence-corrected chi connectivity index (χ1v) is 14.4. The number of nitrogens with zero attached hydrogens (tertiary/aromatic N) is 4. The van der Waals surface area contributed by atoms with Crippen molar-refractivity contribution in [1.29, 1.82) is 0 Å². The number of benzene rings is 1. The fraction of sp³-hybridized carbons (Fsp3) is 0.481. The molecule has 2 aromatic heterocycles. The summed E-state index contributed by atoms with van der Waals surface area (Å²) in [7, 11) is 0. The van der Waals surface area contributed by atoms with E-state index in [1.807, 2.05) is 29.9 Å². The van der Waals surface area contributed by atoms with Crippen LogP contribution in [0, 0.1) is 0 Å². The molecular weight excluding hydrogens is 564 g/mol. The van der Waals surface area contributed by atoms with Crippen molar-refractivity contribution >= 4 is 52.0 Å². The van der Waals surface area contributed by atoms with Gasteiger partial charge in [0.05, 0.1) is 18.7 Å². The van der Waals surface area contributed by atoms with Crippen LogP contribution in [0.25, 0.3) is 11.0 Å². The number of halogens is 1. The van der Waals surface area contributed by atoms with Gasteiger partial charge < -0.3 is 37.5 Å². The van der Waals surface area contributed by atoms with Crippen LogP contribution >= 0.6 is 11.6 Å². The van der Waals surface area contributed by atoms with Crippen molar-refractivity contribution in [2.24, 2.45) is 0 Å². The highest BCUT2D eigenvalue weighted by Crippen LogP contribution is 2.27. The number of fused-ring (bicyclic) bond motifs is 1. The molecule has 1 aromatic carbocycles. The number of aromatic nitrogens is 4. The fourth-order valence-corrected chi connectivity index (χ4v) is 5.22. The second-order valence-electron chi connectivity index (χ2n) is 9.80. The van der Waals surface area contributed by atoms with Crippen molar-refractivity contribution in [1.82, 2.24) is 35.8 Å². The summed E-state index contributed by atoms with van der Waals surface area (Å²) in [6.07, 6.45) is 1.71. The van der Waals surface area contributed by atoms with E-state index in [4.69, 9.17) is 27.8 Å². The Morgan fingerprint density at radius 3 is 2.50 bits per heavy atom. The van der Waals surface area contributed by atoms with Crippen molar-refractivity contribution in [3.05, 3.63) is 34.4 Å². The van der Waals surface area contributed by atoms with Gasteiger partial charge in [-0.05, 0) is 46.7 Å². The Labute approximate surface area is 248 Å². The Hall–Kier alpha value is -4.17. The van der Waals surface area contributed by atoms with Gasteiger partial charge in [0.15, 0.2) is 40.1 Å². The van der Waals surface area contributed by atoms with E-state index in [0.29, 0.717) is 30.9 Å². The number of aryl methyl sites for hydroxylation is 2. The van der Waals surface area contributed by atoms with Crippen LogP contribution in [0.4, 0.5) is 11.6 Å². The van der Waals surface area contributed by atoms with Crippen molar-refractivity contribution < 1.29 is 23.7 Å². The molecule has 3 amide bonds. The lowest BCUT2D eigenvalue weighted by Crippen LogP contribution is -2.44. The molecule has 1 saturated heterocycles. The first kappa shape index (κ1) is 30.8. The first-order chi connectivity index (χ1) is 20.2. The SMILES string of the molecule is CCNC(=O)c1cc2c(cc1OCC(=O)NC1CCNCC1)n(CC)c(CNC(=O)c1nc(Cl)c(N)nc1N)[n+]2CC. The molecule has 0 radical (unpaired) electrons. The van der Waals surface area contributed by atoms with Crippen molar-refractivity contribution in [3.8, 4) is 5.75 Å². The Kier molecular flexibility index (Phi) is 10.0. The highest BCUT2D eigenvalue weighted by atomic mass is 35.5. The van der Waals surface area contributed by atoms with Gasteiger partial charge in [-0.25, -0.2) is 19.1 Å². The zero-order chi connectivity index (χ0) is 30.4. The third kappa shape index (κ3) is 6.65. The average Bonchev–Trinajstić information content (AvgIpc) is 3.28. The van der Waals surface area contributed by atoms with E-state index < -0.39 is 5.91 Å². The summed E-state index contributed by atoms with van der Waals surface area (Å²) in [5, 5.41) is 11.8. The summed E-state index contributed by atoms with van der Waals surface area (Å²) in [6.45, 7) is 8.90. The molecule has 42 heavy (non-hydrogen) atoms. The standard InChI is InChI=1S/C27H37ClN10O4/c1-4-32-26(40)16-11-17-18(12-19(16)42-14-20(39)34-15-7-9-31-10-8-15)38(6-3)21(37(17)5-2)13-33-27(41)22-24(29)36-25(30)23(28)35-22/h11-12,15,31H,4-10,13-14H2,1-3H3,(H6-,29,30,32,33,34,36,39,40,41)/p+1. The number of amides is 3. The second kappa shape index (κ2) is 13.7. The zero-order valence-electron chi connectivity index (χ0n) is 24.1. The summed E-state index contributed by atoms with van der Waals surface area (Å²) in [5.74, 6) is -0.268. The molecule has 0 unspecified atom stereocenters. The summed E-state index contributed by atoms with van der Waals surface area (Å²) in [6, 6.07) is 3.61. The van der Waals surface area contributed by atoms with Crippen LogP contribution in [-0.2, 0) is 24.4 Å². The van der Waals surface area contributed by atoms with Gasteiger partial charge in [0, 0.05) is 24.7 Å². The van der Waals surface area contributed by atoms with E-state index in [-0.39, 0.29) is 53.5 Å². The first-order valence-electron chi connectivity index (χ1n) is 14.0. The molecule has 15 heteroatoms. The normalized spacial score (nSPS) is 13.6. The molecule has 226 valence electrons. The van der Waals surface area contributed by atoms with E-state index in [1.54, 1.807) is 12.1 Å². The van der Waals surface area contributed by atoms with E-state index in [9.17, 15) is 14.4 Å². The Morgan fingerprint density at radius 2 is 1.83 bits per heavy atom. The molecular formula is C27H38ClN10O4+. The van der Waals surface area contributed by atoms with E-state index >= 15 is 0 Å². The zero-order valence-corrected chi connectivity index (χ0v) is 24.8. The monoisotopic (exact) mass is 601 g/mol. The van der Waals surface area contributed by atoms with E-state index in [0.717, 1.165) is 42.8 Å². The predicted molar refractivity (Wildman–Crippen MR) is 158 cm³/mol. The van der Waals surface area contributed by atoms with Crippen molar-refractivity contribution in [2.75, 3.05) is 37.7 Å². The molecule has 8 N–H and O–H groups in total. The lowest BCUT2D eigenvalue weighted by atomic mass is 10.1. The number of imidazole rings is 1. The number of hydrogen-bond donors (Lipinski definition) is 6. The minimum absolute atomic E-state index is 0.0645. The van der Waals surface area contributed by atoms with Crippen molar-refractivity contribution in [3.63, 3.8) is 0 Å². The quantitative estimate of drug-likeness (QED) is 0.170. The molecule has 1 aliphatic heterocycles. The van der Waals surface area contributed by atoms with Gasteiger partial charge in [-0.3, -0.25) is 14.4 Å². The maximum absolute atomic E-state index is 13.1. The van der Waals surface area contributed by atoms with Gasteiger partial charge in [0.25, 0.3) is 23.5 Å². The smallest absolute Gasteiger partial charge is 0.277 e. The molecule has 0 bridgehead atoms. The van der Waals surface area contributed by atoms with E-state index in [2.05, 4.69) is 31.2 Å². The lowest BCUT2D eigenvalue weighted by Gasteiger charge is -2.23. The van der Waals surface area contributed by atoms with Gasteiger partial charge in [0.1, 0.15) is 12.3 Å². The third-order valence-electron chi connectivity index (χ3n) is 7.09. The number of carbonyl (C=O) groups excluding carboxylic acids is 3. The van der Waals surface area contributed by atoms with Crippen molar-refractivity contribution in [2.45, 2.75) is 59.3 Å². The van der Waals surface area contributed by atoms with Gasteiger partial charge in [-0.1, -0.05) is 11.6 Å². The predicted octanol–water partition coefficient (Wildman–Crippen LogP) is 0.503. The molecule has 1 aliphatic rings. The number of carbonyl (C=O) groups is 3. The largest absolute Gasteiger partial charge is 0.483 e. The highest BCUT2D eigenvalue weighted by molar-refractivity contribution is 6.31. The molecule has 0 atom stereocenters.